The summed E-state index contributed by atoms with van der Waals surface area (Å²) in [7, 11) is 0. The highest BCUT2D eigenvalue weighted by Crippen LogP contribution is 2.26. The van der Waals surface area contributed by atoms with Crippen molar-refractivity contribution in [3.05, 3.63) is 59.6 Å². The van der Waals surface area contributed by atoms with Crippen LogP contribution >= 0.6 is 11.3 Å². The van der Waals surface area contributed by atoms with Gasteiger partial charge in [-0.15, -0.1) is 11.3 Å². The van der Waals surface area contributed by atoms with Crippen LogP contribution in [0.25, 0.3) is 22.4 Å². The lowest BCUT2D eigenvalue weighted by Gasteiger charge is -2.26. The molecule has 2 aromatic heterocycles. The Kier molecular flexibility index (Phi) is 6.11. The Morgan fingerprint density at radius 2 is 2.09 bits per heavy atom. The minimum atomic E-state index is -0.233. The van der Waals surface area contributed by atoms with Gasteiger partial charge in [-0.05, 0) is 24.3 Å². The number of nitrogens with zero attached hydrogens (tertiary/aromatic N) is 3. The molecule has 1 saturated heterocycles. The number of nitrogens with one attached hydrogen (secondary N) is 2. The standard InChI is InChI=1S/C23H23N5O3S/c29-22(27-23-24-7-14-32-23)18-5-2-6-19-20(18)26-21(25-19)16-3-1-4-17(15-16)31-13-10-28-8-11-30-12-9-28/h1-7,14-15H,8-13H2,(H,25,26)(H,24,27,29). The molecule has 0 radical (unpaired) electrons. The molecule has 9 heteroatoms. The van der Waals surface area contributed by atoms with Crippen molar-refractivity contribution in [2.24, 2.45) is 0 Å². The van der Waals surface area contributed by atoms with Gasteiger partial charge in [0.15, 0.2) is 5.13 Å². The molecule has 0 unspecified atom stereocenters. The SMILES string of the molecule is O=C(Nc1nccs1)c1cccc2[nH]c(-c3cccc(OCCN4CCOCC4)c3)nc12. The third-order valence-electron chi connectivity index (χ3n) is 5.30. The number of morpholine rings is 1. The largest absolute Gasteiger partial charge is 0.492 e. The average molecular weight is 450 g/mol. The van der Waals surface area contributed by atoms with Gasteiger partial charge in [-0.3, -0.25) is 15.0 Å². The van der Waals surface area contributed by atoms with Gasteiger partial charge in [-0.1, -0.05) is 18.2 Å². The zero-order chi connectivity index (χ0) is 21.8. The molecule has 164 valence electrons. The molecule has 3 heterocycles. The zero-order valence-electron chi connectivity index (χ0n) is 17.4. The molecule has 0 spiro atoms. The molecule has 1 aliphatic rings. The van der Waals surface area contributed by atoms with E-state index in [4.69, 9.17) is 14.5 Å². The summed E-state index contributed by atoms with van der Waals surface area (Å²) in [6.45, 7) is 4.94. The van der Waals surface area contributed by atoms with E-state index in [1.807, 2.05) is 41.8 Å². The molecular weight excluding hydrogens is 426 g/mol. The first-order chi connectivity index (χ1) is 15.8. The van der Waals surface area contributed by atoms with E-state index in [0.29, 0.717) is 28.6 Å². The Hall–Kier alpha value is -3.27. The van der Waals surface area contributed by atoms with Crippen molar-refractivity contribution in [3.8, 4) is 17.1 Å². The van der Waals surface area contributed by atoms with Gasteiger partial charge in [0, 0.05) is 36.8 Å². The second-order valence-corrected chi connectivity index (χ2v) is 8.30. The molecule has 1 aliphatic heterocycles. The summed E-state index contributed by atoms with van der Waals surface area (Å²) >= 11 is 1.38. The van der Waals surface area contributed by atoms with Crippen LogP contribution in [-0.2, 0) is 4.74 Å². The Labute approximate surface area is 189 Å². The number of carbonyl (C=O) groups is 1. The fourth-order valence-corrected chi connectivity index (χ4v) is 4.18. The smallest absolute Gasteiger partial charge is 0.259 e. The van der Waals surface area contributed by atoms with E-state index in [9.17, 15) is 4.79 Å². The van der Waals surface area contributed by atoms with E-state index in [0.717, 1.165) is 49.7 Å². The van der Waals surface area contributed by atoms with Crippen LogP contribution in [0, 0.1) is 0 Å². The van der Waals surface area contributed by atoms with Crippen molar-refractivity contribution in [2.75, 3.05) is 44.8 Å². The maximum absolute atomic E-state index is 12.7. The van der Waals surface area contributed by atoms with Crippen molar-refractivity contribution in [2.45, 2.75) is 0 Å². The molecule has 0 bridgehead atoms. The summed E-state index contributed by atoms with van der Waals surface area (Å²) in [5.41, 5.74) is 2.81. The molecular formula is C23H23N5O3S. The lowest BCUT2D eigenvalue weighted by Crippen LogP contribution is -2.38. The van der Waals surface area contributed by atoms with Crippen molar-refractivity contribution in [1.82, 2.24) is 19.9 Å². The first kappa shape index (κ1) is 20.6. The van der Waals surface area contributed by atoms with E-state index >= 15 is 0 Å². The van der Waals surface area contributed by atoms with Gasteiger partial charge < -0.3 is 14.5 Å². The van der Waals surface area contributed by atoms with Gasteiger partial charge in [0.25, 0.3) is 5.91 Å². The number of imidazole rings is 1. The topological polar surface area (TPSA) is 92.4 Å². The number of fused-ring (bicyclic) bond motifs is 1. The molecule has 1 amide bonds. The van der Waals surface area contributed by atoms with Crippen LogP contribution in [0.15, 0.2) is 54.0 Å². The van der Waals surface area contributed by atoms with Crippen LogP contribution in [0.2, 0.25) is 0 Å². The highest BCUT2D eigenvalue weighted by Gasteiger charge is 2.16. The second-order valence-electron chi connectivity index (χ2n) is 7.41. The molecule has 0 saturated carbocycles. The summed E-state index contributed by atoms with van der Waals surface area (Å²) in [4.78, 5) is 27.2. The number of aromatic nitrogens is 3. The number of para-hydroxylation sites is 1. The van der Waals surface area contributed by atoms with E-state index in [1.165, 1.54) is 11.3 Å². The molecule has 0 atom stereocenters. The summed E-state index contributed by atoms with van der Waals surface area (Å²) in [5, 5.41) is 5.20. The predicted octanol–water partition coefficient (Wildman–Crippen LogP) is 3.65. The number of amides is 1. The van der Waals surface area contributed by atoms with Gasteiger partial charge in [0.2, 0.25) is 0 Å². The van der Waals surface area contributed by atoms with E-state index < -0.39 is 0 Å². The van der Waals surface area contributed by atoms with Crippen molar-refractivity contribution >= 4 is 33.4 Å². The van der Waals surface area contributed by atoms with Gasteiger partial charge in [-0.25, -0.2) is 9.97 Å². The Morgan fingerprint density at radius 3 is 2.94 bits per heavy atom. The third kappa shape index (κ3) is 4.64. The van der Waals surface area contributed by atoms with Gasteiger partial charge in [0.05, 0.1) is 24.3 Å². The molecule has 0 aliphatic carbocycles. The van der Waals surface area contributed by atoms with Gasteiger partial charge in [-0.2, -0.15) is 0 Å². The average Bonchev–Trinajstić information content (AvgIpc) is 3.49. The number of thiazole rings is 1. The molecule has 2 aromatic carbocycles. The number of ether oxygens (including phenoxy) is 2. The number of carbonyl (C=O) groups excluding carboxylic acids is 1. The lowest BCUT2D eigenvalue weighted by atomic mass is 10.2. The van der Waals surface area contributed by atoms with Gasteiger partial charge >= 0.3 is 0 Å². The maximum atomic E-state index is 12.7. The minimum absolute atomic E-state index is 0.233. The molecule has 2 N–H and O–H groups in total. The van der Waals surface area contributed by atoms with Crippen LogP contribution in [0.3, 0.4) is 0 Å². The van der Waals surface area contributed by atoms with Gasteiger partial charge in [0.1, 0.15) is 23.7 Å². The van der Waals surface area contributed by atoms with E-state index in [1.54, 1.807) is 12.3 Å². The second kappa shape index (κ2) is 9.47. The molecule has 4 aromatic rings. The quantitative estimate of drug-likeness (QED) is 0.447. The van der Waals surface area contributed by atoms with E-state index in [-0.39, 0.29) is 5.91 Å². The highest BCUT2D eigenvalue weighted by atomic mass is 32.1. The Bertz CT molecular complexity index is 1200. The number of hydrogen-bond acceptors (Lipinski definition) is 7. The third-order valence-corrected chi connectivity index (χ3v) is 5.99. The summed E-state index contributed by atoms with van der Waals surface area (Å²) in [6.07, 6.45) is 1.66. The summed E-state index contributed by atoms with van der Waals surface area (Å²) < 4.78 is 11.4. The fraction of sp³-hybridized carbons (Fsp3) is 0.261. The van der Waals surface area contributed by atoms with Crippen molar-refractivity contribution in [1.29, 1.82) is 0 Å². The van der Waals surface area contributed by atoms with Crippen LogP contribution < -0.4 is 10.1 Å². The van der Waals surface area contributed by atoms with Crippen molar-refractivity contribution in [3.63, 3.8) is 0 Å². The van der Waals surface area contributed by atoms with E-state index in [2.05, 4.69) is 20.2 Å². The molecule has 5 rings (SSSR count). The number of H-pyrrole nitrogens is 1. The molecule has 32 heavy (non-hydrogen) atoms. The number of rotatable bonds is 7. The highest BCUT2D eigenvalue weighted by molar-refractivity contribution is 7.13. The van der Waals surface area contributed by atoms with Crippen LogP contribution in [-0.4, -0.2) is 65.2 Å². The van der Waals surface area contributed by atoms with Crippen LogP contribution in [0.4, 0.5) is 5.13 Å². The van der Waals surface area contributed by atoms with Crippen LogP contribution in [0.1, 0.15) is 10.4 Å². The first-order valence-electron chi connectivity index (χ1n) is 10.5. The summed E-state index contributed by atoms with van der Waals surface area (Å²) in [6, 6.07) is 13.3. The first-order valence-corrected chi connectivity index (χ1v) is 11.4. The predicted molar refractivity (Wildman–Crippen MR) is 124 cm³/mol. The minimum Gasteiger partial charge on any atom is -0.492 e. The molecule has 8 nitrogen and oxygen atoms in total. The Balaban J connectivity index is 1.32. The number of benzene rings is 2. The Morgan fingerprint density at radius 1 is 1.22 bits per heavy atom. The lowest BCUT2D eigenvalue weighted by molar-refractivity contribution is 0.0322. The maximum Gasteiger partial charge on any atom is 0.259 e. The number of aromatic amines is 1. The zero-order valence-corrected chi connectivity index (χ0v) is 18.2. The normalized spacial score (nSPS) is 14.5. The van der Waals surface area contributed by atoms with Crippen molar-refractivity contribution < 1.29 is 14.3 Å². The summed E-state index contributed by atoms with van der Waals surface area (Å²) in [5.74, 6) is 1.25. The van der Waals surface area contributed by atoms with Crippen LogP contribution in [0.5, 0.6) is 5.75 Å². The number of anilines is 1. The monoisotopic (exact) mass is 449 g/mol. The molecule has 1 fully saturated rings. The number of hydrogen-bond donors (Lipinski definition) is 2. The fourth-order valence-electron chi connectivity index (χ4n) is 3.65.